The fourth-order valence-corrected chi connectivity index (χ4v) is 3.84. The second-order valence-electron chi connectivity index (χ2n) is 7.48. The second-order valence-corrected chi connectivity index (χ2v) is 7.48. The van der Waals surface area contributed by atoms with Crippen LogP contribution in [-0.2, 0) is 16.1 Å². The Morgan fingerprint density at radius 2 is 2.03 bits per heavy atom. The first-order valence-electron chi connectivity index (χ1n) is 10.1. The van der Waals surface area contributed by atoms with Crippen LogP contribution in [0.2, 0.25) is 0 Å². The molecule has 1 N–H and O–H groups in total. The molecule has 158 valence electrons. The molecule has 0 spiro atoms. The molecule has 0 atom stereocenters. The molecule has 0 aliphatic carbocycles. The van der Waals surface area contributed by atoms with Crippen molar-refractivity contribution in [3.63, 3.8) is 0 Å². The summed E-state index contributed by atoms with van der Waals surface area (Å²) in [5.74, 6) is -0.191. The van der Waals surface area contributed by atoms with Gasteiger partial charge in [0.05, 0.1) is 18.3 Å². The van der Waals surface area contributed by atoms with Crippen LogP contribution in [0, 0.1) is 6.92 Å². The van der Waals surface area contributed by atoms with Crippen molar-refractivity contribution >= 4 is 33.9 Å². The highest BCUT2D eigenvalue weighted by molar-refractivity contribution is 6.02. The molecule has 2 aromatic heterocycles. The van der Waals surface area contributed by atoms with E-state index in [1.54, 1.807) is 17.9 Å². The zero-order chi connectivity index (χ0) is 21.3. The molecule has 0 bridgehead atoms. The normalized spacial score (nSPS) is 14.9. The molecule has 0 radical (unpaired) electrons. The van der Waals surface area contributed by atoms with Crippen LogP contribution in [0.5, 0.6) is 0 Å². The number of nitrogens with one attached hydrogen (secondary N) is 1. The number of carbonyl (C=O) groups excluding carboxylic acids is 2. The number of amides is 2. The van der Waals surface area contributed by atoms with Crippen LogP contribution < -0.4 is 10.9 Å². The van der Waals surface area contributed by atoms with Gasteiger partial charge in [0.2, 0.25) is 5.91 Å². The number of aryl methyl sites for hydroxylation is 1. The van der Waals surface area contributed by atoms with Gasteiger partial charge < -0.3 is 19.4 Å². The number of aromatic nitrogens is 2. The molecular weight excluding hydrogens is 388 g/mol. The molecule has 9 heteroatoms. The Balaban J connectivity index is 1.48. The van der Waals surface area contributed by atoms with Crippen molar-refractivity contribution in [1.29, 1.82) is 0 Å². The van der Waals surface area contributed by atoms with Crippen LogP contribution in [0.4, 0.5) is 4.79 Å². The Morgan fingerprint density at radius 3 is 2.77 bits per heavy atom. The Bertz CT molecular complexity index is 1160. The van der Waals surface area contributed by atoms with E-state index in [1.807, 2.05) is 19.1 Å². The molecule has 1 aliphatic heterocycles. The second kappa shape index (κ2) is 8.17. The third-order valence-corrected chi connectivity index (χ3v) is 5.33. The number of hydrogen-bond acceptors (Lipinski definition) is 6. The van der Waals surface area contributed by atoms with E-state index in [2.05, 4.69) is 10.4 Å². The Morgan fingerprint density at radius 1 is 1.27 bits per heavy atom. The third kappa shape index (κ3) is 3.87. The van der Waals surface area contributed by atoms with Crippen LogP contribution in [-0.4, -0.2) is 52.4 Å². The highest BCUT2D eigenvalue weighted by Gasteiger charge is 2.25. The van der Waals surface area contributed by atoms with Gasteiger partial charge >= 0.3 is 11.7 Å². The van der Waals surface area contributed by atoms with Crippen molar-refractivity contribution < 1.29 is 18.7 Å². The monoisotopic (exact) mass is 412 g/mol. The summed E-state index contributed by atoms with van der Waals surface area (Å²) in [6, 6.07) is 5.52. The molecule has 1 aromatic carbocycles. The Hall–Kier alpha value is -3.36. The van der Waals surface area contributed by atoms with Crippen molar-refractivity contribution in [2.24, 2.45) is 0 Å². The standard InChI is InChI=1S/C21H24N4O5/c1-3-29-21(28)24-8-6-14(7-9-24)23-18(26)12-25-19-15-10-13(2)4-5-17(15)30-20(27)16(19)11-22-25/h4-5,10-11,14H,3,6-9,12H2,1-2H3,(H,23,26). The van der Waals surface area contributed by atoms with E-state index in [9.17, 15) is 14.4 Å². The third-order valence-electron chi connectivity index (χ3n) is 5.33. The molecule has 4 rings (SSSR count). The van der Waals surface area contributed by atoms with Crippen LogP contribution in [0.15, 0.2) is 33.6 Å². The summed E-state index contributed by atoms with van der Waals surface area (Å²) in [4.78, 5) is 38.4. The van der Waals surface area contributed by atoms with Gasteiger partial charge in [-0.3, -0.25) is 9.48 Å². The molecule has 0 unspecified atom stereocenters. The Labute approximate surface area is 172 Å². The molecule has 9 nitrogen and oxygen atoms in total. The largest absolute Gasteiger partial charge is 0.450 e. The number of piperidine rings is 1. The molecule has 0 saturated carbocycles. The van der Waals surface area contributed by atoms with Gasteiger partial charge in [-0.25, -0.2) is 9.59 Å². The summed E-state index contributed by atoms with van der Waals surface area (Å²) in [5, 5.41) is 8.36. The maximum Gasteiger partial charge on any atom is 0.409 e. The maximum atomic E-state index is 12.6. The van der Waals surface area contributed by atoms with Crippen molar-refractivity contribution in [2.75, 3.05) is 19.7 Å². The Kier molecular flexibility index (Phi) is 5.43. The lowest BCUT2D eigenvalue weighted by Crippen LogP contribution is -2.47. The van der Waals surface area contributed by atoms with E-state index in [4.69, 9.17) is 9.15 Å². The van der Waals surface area contributed by atoms with Gasteiger partial charge in [0.1, 0.15) is 17.5 Å². The number of nitrogens with zero attached hydrogens (tertiary/aromatic N) is 3. The predicted molar refractivity (Wildman–Crippen MR) is 110 cm³/mol. The average Bonchev–Trinajstić information content (AvgIpc) is 3.14. The smallest absolute Gasteiger partial charge is 0.409 e. The lowest BCUT2D eigenvalue weighted by Gasteiger charge is -2.31. The molecule has 3 heterocycles. The highest BCUT2D eigenvalue weighted by atomic mass is 16.6. The van der Waals surface area contributed by atoms with Crippen LogP contribution in [0.25, 0.3) is 21.9 Å². The summed E-state index contributed by atoms with van der Waals surface area (Å²) in [5.41, 5.74) is 1.60. The van der Waals surface area contributed by atoms with Crippen LogP contribution in [0.1, 0.15) is 25.3 Å². The van der Waals surface area contributed by atoms with Crippen molar-refractivity contribution in [3.8, 4) is 0 Å². The summed E-state index contributed by atoms with van der Waals surface area (Å²) >= 11 is 0. The molecule has 30 heavy (non-hydrogen) atoms. The quantitative estimate of drug-likeness (QED) is 0.659. The summed E-state index contributed by atoms with van der Waals surface area (Å²) in [7, 11) is 0. The minimum Gasteiger partial charge on any atom is -0.450 e. The number of hydrogen-bond donors (Lipinski definition) is 1. The number of carbonyl (C=O) groups is 2. The number of likely N-dealkylation sites (tertiary alicyclic amines) is 1. The highest BCUT2D eigenvalue weighted by Crippen LogP contribution is 2.23. The molecule has 1 saturated heterocycles. The lowest BCUT2D eigenvalue weighted by molar-refractivity contribution is -0.122. The van der Waals surface area contributed by atoms with Crippen LogP contribution in [0.3, 0.4) is 0 Å². The summed E-state index contributed by atoms with van der Waals surface area (Å²) in [6.45, 7) is 5.15. The van der Waals surface area contributed by atoms with E-state index >= 15 is 0 Å². The summed E-state index contributed by atoms with van der Waals surface area (Å²) in [6.07, 6.45) is 2.45. The predicted octanol–water partition coefficient (Wildman–Crippen LogP) is 2.19. The number of fused-ring (bicyclic) bond motifs is 3. The first-order chi connectivity index (χ1) is 14.5. The van der Waals surface area contributed by atoms with Crippen molar-refractivity contribution in [3.05, 3.63) is 40.4 Å². The van der Waals surface area contributed by atoms with Gasteiger partial charge in [-0.05, 0) is 38.8 Å². The van der Waals surface area contributed by atoms with E-state index in [-0.39, 0.29) is 24.6 Å². The molecular formula is C21H24N4O5. The van der Waals surface area contributed by atoms with Gasteiger partial charge in [-0.2, -0.15) is 5.10 Å². The molecule has 2 amide bonds. The minimum atomic E-state index is -0.473. The van der Waals surface area contributed by atoms with E-state index in [0.29, 0.717) is 49.0 Å². The SMILES string of the molecule is CCOC(=O)N1CCC(NC(=O)Cn2ncc3c(=O)oc4ccc(C)cc4c32)CC1. The topological polar surface area (TPSA) is 107 Å². The van der Waals surface area contributed by atoms with Gasteiger partial charge in [0, 0.05) is 24.5 Å². The molecule has 1 fully saturated rings. The van der Waals surface area contributed by atoms with Crippen LogP contribution >= 0.6 is 0 Å². The van der Waals surface area contributed by atoms with Gasteiger partial charge in [-0.15, -0.1) is 0 Å². The molecule has 3 aromatic rings. The van der Waals surface area contributed by atoms with Crippen molar-refractivity contribution in [2.45, 2.75) is 39.3 Å². The fourth-order valence-electron chi connectivity index (χ4n) is 3.84. The number of ether oxygens (including phenoxy) is 1. The lowest BCUT2D eigenvalue weighted by atomic mass is 10.1. The number of benzene rings is 1. The first-order valence-corrected chi connectivity index (χ1v) is 10.1. The summed E-state index contributed by atoms with van der Waals surface area (Å²) < 4.78 is 11.9. The van der Waals surface area contributed by atoms with Crippen molar-refractivity contribution in [1.82, 2.24) is 20.0 Å². The zero-order valence-corrected chi connectivity index (χ0v) is 17.0. The maximum absolute atomic E-state index is 12.6. The van der Waals surface area contributed by atoms with Gasteiger partial charge in [0.25, 0.3) is 0 Å². The van der Waals surface area contributed by atoms with E-state index < -0.39 is 5.63 Å². The van der Waals surface area contributed by atoms with Gasteiger partial charge in [0.15, 0.2) is 0 Å². The zero-order valence-electron chi connectivity index (χ0n) is 17.0. The molecule has 1 aliphatic rings. The van der Waals surface area contributed by atoms with E-state index in [1.165, 1.54) is 10.9 Å². The fraction of sp³-hybridized carbons (Fsp3) is 0.429. The van der Waals surface area contributed by atoms with Gasteiger partial charge in [-0.1, -0.05) is 11.6 Å². The van der Waals surface area contributed by atoms with E-state index in [0.717, 1.165) is 10.9 Å². The average molecular weight is 412 g/mol. The first kappa shape index (κ1) is 19.9. The number of rotatable bonds is 4. The minimum absolute atomic E-state index is 0.00587.